The Kier molecular flexibility index (Phi) is 6.37. The lowest BCUT2D eigenvalue weighted by atomic mass is 10.0. The van der Waals surface area contributed by atoms with Gasteiger partial charge in [-0.1, -0.05) is 6.07 Å². The normalized spacial score (nSPS) is 18.7. The van der Waals surface area contributed by atoms with Crippen LogP contribution in [0.1, 0.15) is 40.0 Å². The minimum absolute atomic E-state index is 0.151. The van der Waals surface area contributed by atoms with Crippen LogP contribution in [0.2, 0.25) is 0 Å². The van der Waals surface area contributed by atoms with Crippen LogP contribution in [0.25, 0.3) is 0 Å². The zero-order valence-corrected chi connectivity index (χ0v) is 17.0. The summed E-state index contributed by atoms with van der Waals surface area (Å²) in [6.45, 7) is 7.18. The van der Waals surface area contributed by atoms with E-state index in [1.807, 2.05) is 43.9 Å². The Bertz CT molecular complexity index is 538. The van der Waals surface area contributed by atoms with Gasteiger partial charge in [-0.3, -0.25) is 0 Å². The molecule has 0 spiro atoms. The summed E-state index contributed by atoms with van der Waals surface area (Å²) < 4.78 is 7.56. The third kappa shape index (κ3) is 5.38. The maximum atomic E-state index is 12.4. The Balaban J connectivity index is 2.03. The van der Waals surface area contributed by atoms with Crippen molar-refractivity contribution in [2.45, 2.75) is 51.7 Å². The van der Waals surface area contributed by atoms with Crippen LogP contribution in [0.15, 0.2) is 27.1 Å². The molecule has 1 aromatic carbocycles. The number of benzene rings is 1. The molecule has 2 rings (SSSR count). The molecule has 1 heterocycles. The van der Waals surface area contributed by atoms with Crippen molar-refractivity contribution in [1.29, 1.82) is 0 Å². The topological polar surface area (TPSA) is 41.6 Å². The summed E-state index contributed by atoms with van der Waals surface area (Å²) in [5.74, 6) is 0. The molecule has 0 radical (unpaired) electrons. The van der Waals surface area contributed by atoms with E-state index in [9.17, 15) is 4.79 Å². The predicted molar refractivity (Wildman–Crippen MR) is 101 cm³/mol. The highest BCUT2D eigenvalue weighted by atomic mass is 79.9. The molecule has 1 amide bonds. The third-order valence-electron chi connectivity index (χ3n) is 3.73. The maximum Gasteiger partial charge on any atom is 0.410 e. The van der Waals surface area contributed by atoms with Crippen molar-refractivity contribution in [3.8, 4) is 0 Å². The summed E-state index contributed by atoms with van der Waals surface area (Å²) in [5.41, 5.74) is 0.556. The number of halogens is 2. The number of para-hydroxylation sites is 1. The largest absolute Gasteiger partial charge is 0.444 e. The number of rotatable bonds is 3. The Labute approximate surface area is 155 Å². The van der Waals surface area contributed by atoms with Crippen molar-refractivity contribution in [3.05, 3.63) is 27.1 Å². The van der Waals surface area contributed by atoms with Gasteiger partial charge in [0.2, 0.25) is 0 Å². The van der Waals surface area contributed by atoms with Crippen molar-refractivity contribution in [1.82, 2.24) is 4.90 Å². The van der Waals surface area contributed by atoms with E-state index >= 15 is 0 Å². The summed E-state index contributed by atoms with van der Waals surface area (Å²) in [4.78, 5) is 14.3. The fourth-order valence-corrected chi connectivity index (χ4v) is 3.94. The van der Waals surface area contributed by atoms with Crippen LogP contribution in [-0.2, 0) is 4.74 Å². The number of nitrogens with zero attached hydrogens (tertiary/aromatic N) is 1. The Morgan fingerprint density at radius 2 is 1.96 bits per heavy atom. The number of ether oxygens (including phenoxy) is 1. The lowest BCUT2D eigenvalue weighted by Crippen LogP contribution is -2.48. The number of carbonyl (C=O) groups is 1. The molecule has 1 fully saturated rings. The van der Waals surface area contributed by atoms with E-state index < -0.39 is 5.60 Å². The van der Waals surface area contributed by atoms with E-state index in [0.717, 1.165) is 40.4 Å². The Morgan fingerprint density at radius 3 is 2.57 bits per heavy atom. The molecule has 23 heavy (non-hydrogen) atoms. The van der Waals surface area contributed by atoms with Crippen molar-refractivity contribution >= 4 is 43.6 Å². The van der Waals surface area contributed by atoms with Crippen LogP contribution in [0.5, 0.6) is 0 Å². The molecule has 6 heteroatoms. The van der Waals surface area contributed by atoms with Gasteiger partial charge < -0.3 is 15.0 Å². The zero-order chi connectivity index (χ0) is 17.0. The summed E-state index contributed by atoms with van der Waals surface area (Å²) >= 11 is 7.12. The number of nitrogens with one attached hydrogen (secondary N) is 1. The monoisotopic (exact) mass is 446 g/mol. The Hall–Kier alpha value is -0.750. The lowest BCUT2D eigenvalue weighted by molar-refractivity contribution is 0.0114. The van der Waals surface area contributed by atoms with E-state index in [0.29, 0.717) is 6.54 Å². The van der Waals surface area contributed by atoms with Gasteiger partial charge in [0.1, 0.15) is 5.60 Å². The number of hydrogen-bond donors (Lipinski definition) is 1. The smallest absolute Gasteiger partial charge is 0.410 e. The summed E-state index contributed by atoms with van der Waals surface area (Å²) in [5, 5.41) is 3.46. The number of anilines is 1. The average Bonchev–Trinajstić information content (AvgIpc) is 2.45. The first kappa shape index (κ1) is 18.6. The highest BCUT2D eigenvalue weighted by Crippen LogP contribution is 2.31. The van der Waals surface area contributed by atoms with E-state index in [2.05, 4.69) is 37.2 Å². The first-order valence-corrected chi connectivity index (χ1v) is 9.54. The van der Waals surface area contributed by atoms with Crippen LogP contribution >= 0.6 is 31.9 Å². The minimum atomic E-state index is -0.460. The van der Waals surface area contributed by atoms with E-state index in [-0.39, 0.29) is 12.1 Å². The zero-order valence-electron chi connectivity index (χ0n) is 13.9. The SMILES string of the molecule is CC(C)(C)OC(=O)N1CCCCC1CNc1c(Br)cccc1Br. The molecular formula is C17H24Br2N2O2. The number of likely N-dealkylation sites (tertiary alicyclic amines) is 1. The molecule has 1 aliphatic heterocycles. The second-order valence-electron chi connectivity index (χ2n) is 6.80. The van der Waals surface area contributed by atoms with Crippen molar-refractivity contribution in [2.24, 2.45) is 0 Å². The Morgan fingerprint density at radius 1 is 1.30 bits per heavy atom. The fraction of sp³-hybridized carbons (Fsp3) is 0.588. The minimum Gasteiger partial charge on any atom is -0.444 e. The maximum absolute atomic E-state index is 12.4. The molecule has 4 nitrogen and oxygen atoms in total. The standard InChI is InChI=1S/C17H24Br2N2O2/c1-17(2,3)23-16(22)21-10-5-4-7-12(21)11-20-15-13(18)8-6-9-14(15)19/h6,8-9,12,20H,4-5,7,10-11H2,1-3H3. The molecule has 128 valence electrons. The predicted octanol–water partition coefficient (Wildman–Crippen LogP) is 5.41. The molecule has 1 aromatic rings. The van der Waals surface area contributed by atoms with Gasteiger partial charge >= 0.3 is 6.09 Å². The number of carbonyl (C=O) groups excluding carboxylic acids is 1. The highest BCUT2D eigenvalue weighted by Gasteiger charge is 2.30. The van der Waals surface area contributed by atoms with Gasteiger partial charge in [-0.2, -0.15) is 0 Å². The molecule has 1 atom stereocenters. The molecule has 1 unspecified atom stereocenters. The van der Waals surface area contributed by atoms with Crippen LogP contribution < -0.4 is 5.32 Å². The second kappa shape index (κ2) is 7.88. The van der Waals surface area contributed by atoms with Gasteiger partial charge in [0.05, 0.1) is 11.7 Å². The van der Waals surface area contributed by atoms with Gasteiger partial charge in [0, 0.05) is 22.0 Å². The van der Waals surface area contributed by atoms with E-state index in [4.69, 9.17) is 4.74 Å². The molecule has 0 aliphatic carbocycles. The second-order valence-corrected chi connectivity index (χ2v) is 8.51. The van der Waals surface area contributed by atoms with Gasteiger partial charge in [0.15, 0.2) is 0 Å². The van der Waals surface area contributed by atoms with Gasteiger partial charge in [-0.15, -0.1) is 0 Å². The van der Waals surface area contributed by atoms with Crippen LogP contribution in [-0.4, -0.2) is 35.7 Å². The third-order valence-corrected chi connectivity index (χ3v) is 5.05. The van der Waals surface area contributed by atoms with Crippen molar-refractivity contribution in [3.63, 3.8) is 0 Å². The highest BCUT2D eigenvalue weighted by molar-refractivity contribution is 9.11. The summed E-state index contributed by atoms with van der Waals surface area (Å²) in [6.07, 6.45) is 2.96. The summed E-state index contributed by atoms with van der Waals surface area (Å²) in [7, 11) is 0. The lowest BCUT2D eigenvalue weighted by Gasteiger charge is -2.37. The molecule has 1 aliphatic rings. The summed E-state index contributed by atoms with van der Waals surface area (Å²) in [6, 6.07) is 6.13. The van der Waals surface area contributed by atoms with Gasteiger partial charge in [-0.05, 0) is 84.0 Å². The molecule has 1 N–H and O–H groups in total. The molecule has 0 saturated carbocycles. The number of hydrogen-bond acceptors (Lipinski definition) is 3. The fourth-order valence-electron chi connectivity index (χ4n) is 2.66. The molecule has 1 saturated heterocycles. The van der Waals surface area contributed by atoms with Crippen LogP contribution in [0, 0.1) is 0 Å². The number of amides is 1. The first-order chi connectivity index (χ1) is 10.8. The van der Waals surface area contributed by atoms with Crippen LogP contribution in [0.4, 0.5) is 10.5 Å². The van der Waals surface area contributed by atoms with Crippen LogP contribution in [0.3, 0.4) is 0 Å². The average molecular weight is 448 g/mol. The van der Waals surface area contributed by atoms with E-state index in [1.54, 1.807) is 0 Å². The van der Waals surface area contributed by atoms with E-state index in [1.165, 1.54) is 0 Å². The molecular weight excluding hydrogens is 424 g/mol. The molecule has 0 bridgehead atoms. The van der Waals surface area contributed by atoms with Gasteiger partial charge in [0.25, 0.3) is 0 Å². The van der Waals surface area contributed by atoms with Crippen molar-refractivity contribution in [2.75, 3.05) is 18.4 Å². The van der Waals surface area contributed by atoms with Gasteiger partial charge in [-0.25, -0.2) is 4.79 Å². The molecule has 0 aromatic heterocycles. The van der Waals surface area contributed by atoms with Crippen molar-refractivity contribution < 1.29 is 9.53 Å². The quantitative estimate of drug-likeness (QED) is 0.673. The number of piperidine rings is 1. The first-order valence-electron chi connectivity index (χ1n) is 7.95.